The van der Waals surface area contributed by atoms with Gasteiger partial charge in [0.1, 0.15) is 26.2 Å². The van der Waals surface area contributed by atoms with Gasteiger partial charge in [-0.05, 0) is 6.42 Å². The largest absolute Gasteiger partial charge is 0.382 e. The van der Waals surface area contributed by atoms with Gasteiger partial charge in [-0.1, -0.05) is 5.22 Å². The molecule has 0 spiro atoms. The normalized spacial score (nSPS) is 31.4. The summed E-state index contributed by atoms with van der Waals surface area (Å²) in [6.45, 7) is 1.69. The fourth-order valence-electron chi connectivity index (χ4n) is 2.16. The monoisotopic (exact) mass is 259 g/mol. The number of hydrogen-bond donors (Lipinski definition) is 2. The Balaban J connectivity index is 2.38. The van der Waals surface area contributed by atoms with Gasteiger partial charge in [0.15, 0.2) is 0 Å². The van der Waals surface area contributed by atoms with Gasteiger partial charge in [-0.3, -0.25) is 5.43 Å². The maximum Gasteiger partial charge on any atom is 0.142 e. The Bertz CT molecular complexity index is 247. The van der Waals surface area contributed by atoms with Crippen LogP contribution in [0, 0.1) is 5.53 Å². The van der Waals surface area contributed by atoms with E-state index in [0.717, 1.165) is 6.42 Å². The molecule has 1 heterocycles. The van der Waals surface area contributed by atoms with Crippen molar-refractivity contribution in [2.75, 3.05) is 34.0 Å². The highest BCUT2D eigenvalue weighted by Crippen LogP contribution is 2.25. The van der Waals surface area contributed by atoms with Crippen molar-refractivity contribution in [1.29, 1.82) is 5.53 Å². The fraction of sp³-hybridized carbons (Fsp3) is 1.00. The first-order chi connectivity index (χ1) is 8.74. The van der Waals surface area contributed by atoms with Crippen LogP contribution in [-0.4, -0.2) is 66.1 Å². The summed E-state index contributed by atoms with van der Waals surface area (Å²) in [5.41, 5.74) is 9.17. The highest BCUT2D eigenvalue weighted by atomic mass is 16.6. The van der Waals surface area contributed by atoms with E-state index < -0.39 is 0 Å². The van der Waals surface area contributed by atoms with Crippen molar-refractivity contribution in [1.82, 2.24) is 5.43 Å². The topological polar surface area (TPSA) is 85.2 Å². The van der Waals surface area contributed by atoms with Crippen molar-refractivity contribution in [3.63, 3.8) is 0 Å². The van der Waals surface area contributed by atoms with E-state index in [-0.39, 0.29) is 24.3 Å². The summed E-state index contributed by atoms with van der Waals surface area (Å²) < 4.78 is 22.1. The van der Waals surface area contributed by atoms with Gasteiger partial charge in [-0.15, -0.1) is 0 Å². The second kappa shape index (κ2) is 8.41. The summed E-state index contributed by atoms with van der Waals surface area (Å²) in [7, 11) is 5.28. The average molecular weight is 259 g/mol. The van der Waals surface area contributed by atoms with Gasteiger partial charge < -0.3 is 18.9 Å². The first-order valence-electron chi connectivity index (χ1n) is 6.12. The van der Waals surface area contributed by atoms with Gasteiger partial charge >= 0.3 is 0 Å². The smallest absolute Gasteiger partial charge is 0.142 e. The number of methoxy groups -OCH3 is 2. The predicted molar refractivity (Wildman–Crippen MR) is 67.4 cm³/mol. The van der Waals surface area contributed by atoms with E-state index in [1.54, 1.807) is 14.2 Å². The number of nitrogens with one attached hydrogen (secondary N) is 2. The molecule has 0 amide bonds. The van der Waals surface area contributed by atoms with E-state index in [4.69, 9.17) is 24.5 Å². The number of rotatable bonds is 9. The molecule has 1 rings (SSSR count). The Hall–Kier alpha value is -0.695. The van der Waals surface area contributed by atoms with Gasteiger partial charge in [0.25, 0.3) is 0 Å². The minimum Gasteiger partial charge on any atom is -0.382 e. The summed E-state index contributed by atoms with van der Waals surface area (Å²) in [4.78, 5) is 0. The minimum absolute atomic E-state index is 0.00140. The van der Waals surface area contributed by atoms with Gasteiger partial charge in [-0.25, -0.2) is 0 Å². The van der Waals surface area contributed by atoms with Crippen LogP contribution in [-0.2, 0) is 18.9 Å². The molecule has 1 aliphatic heterocycles. The Morgan fingerprint density at radius 3 is 2.78 bits per heavy atom. The second-order valence-corrected chi connectivity index (χ2v) is 4.24. The first kappa shape index (κ1) is 15.4. The van der Waals surface area contributed by atoms with Crippen molar-refractivity contribution in [2.24, 2.45) is 5.22 Å². The lowest BCUT2D eigenvalue weighted by Crippen LogP contribution is -2.39. The van der Waals surface area contributed by atoms with Crippen LogP contribution in [0.25, 0.3) is 0 Å². The maximum absolute atomic E-state index is 6.60. The summed E-state index contributed by atoms with van der Waals surface area (Å²) in [5, 5.41) is 3.07. The predicted octanol–water partition coefficient (Wildman–Crippen LogP) is -0.683. The third-order valence-electron chi connectivity index (χ3n) is 2.97. The van der Waals surface area contributed by atoms with Crippen molar-refractivity contribution < 1.29 is 18.9 Å². The van der Waals surface area contributed by atoms with Crippen molar-refractivity contribution >= 4 is 7.85 Å². The van der Waals surface area contributed by atoms with E-state index >= 15 is 0 Å². The van der Waals surface area contributed by atoms with Crippen molar-refractivity contribution in [2.45, 2.75) is 30.7 Å². The second-order valence-electron chi connectivity index (χ2n) is 4.24. The molecule has 0 aromatic heterocycles. The van der Waals surface area contributed by atoms with Gasteiger partial charge in [0.2, 0.25) is 0 Å². The summed E-state index contributed by atoms with van der Waals surface area (Å²) in [5.74, 6) is 0. The van der Waals surface area contributed by atoms with Gasteiger partial charge in [-0.2, -0.15) is 5.53 Å². The van der Waals surface area contributed by atoms with E-state index in [2.05, 4.69) is 10.6 Å². The third-order valence-corrected chi connectivity index (χ3v) is 2.97. The number of ether oxygens (including phenoxy) is 4. The highest BCUT2D eigenvalue weighted by Gasteiger charge is 2.43. The molecule has 1 fully saturated rings. The van der Waals surface area contributed by atoms with E-state index in [1.807, 2.05) is 7.85 Å². The molecule has 0 aromatic rings. The molecule has 2 N–H and O–H groups in total. The zero-order valence-electron chi connectivity index (χ0n) is 11.2. The molecule has 8 heteroatoms. The Kier molecular flexibility index (Phi) is 7.18. The molecule has 0 unspecified atom stereocenters. The molecule has 1 aliphatic rings. The molecule has 18 heavy (non-hydrogen) atoms. The summed E-state index contributed by atoms with van der Waals surface area (Å²) in [6, 6.07) is 0.00140. The Morgan fingerprint density at radius 1 is 1.39 bits per heavy atom. The van der Waals surface area contributed by atoms with Crippen LogP contribution in [0.1, 0.15) is 6.42 Å². The molecule has 0 aliphatic carbocycles. The molecule has 104 valence electrons. The molecule has 1 saturated heterocycles. The summed E-state index contributed by atoms with van der Waals surface area (Å²) in [6.07, 6.45) is 0.504. The zero-order valence-corrected chi connectivity index (χ0v) is 11.2. The maximum atomic E-state index is 6.60. The SMILES string of the molecule is B[C@@H]1O[C@H](COC)[C@@H](OCCCNN=N)[C@H]1OC. The highest BCUT2D eigenvalue weighted by molar-refractivity contribution is 6.11. The number of nitrogens with zero attached hydrogens (tertiary/aromatic N) is 1. The Labute approximate surface area is 108 Å². The van der Waals surface area contributed by atoms with Crippen LogP contribution < -0.4 is 5.43 Å². The average Bonchev–Trinajstić information content (AvgIpc) is 2.65. The standard InChI is InChI=1S/C10H22BN3O4/c1-15-6-7-8(9(16-2)10(11)18-7)17-5-3-4-13-14-12/h7-10H,3-6,11H2,1-2H3,(H2,12,13)/t7-,8-,9-,10-/m1/s1. The van der Waals surface area contributed by atoms with Crippen molar-refractivity contribution in [3.05, 3.63) is 0 Å². The molecule has 4 atom stereocenters. The molecule has 0 saturated carbocycles. The first-order valence-corrected chi connectivity index (χ1v) is 6.12. The lowest BCUT2D eigenvalue weighted by atomic mass is 9.93. The molecule has 0 radical (unpaired) electrons. The van der Waals surface area contributed by atoms with Crippen LogP contribution in [0.2, 0.25) is 0 Å². The van der Waals surface area contributed by atoms with Crippen LogP contribution in [0.15, 0.2) is 5.22 Å². The Morgan fingerprint density at radius 2 is 2.17 bits per heavy atom. The fourth-order valence-corrected chi connectivity index (χ4v) is 2.16. The lowest BCUT2D eigenvalue weighted by Gasteiger charge is -2.22. The third kappa shape index (κ3) is 4.20. The van der Waals surface area contributed by atoms with Crippen LogP contribution in [0.3, 0.4) is 0 Å². The van der Waals surface area contributed by atoms with Gasteiger partial charge in [0.05, 0.1) is 12.6 Å². The van der Waals surface area contributed by atoms with Crippen LogP contribution in [0.5, 0.6) is 0 Å². The number of hydrogen-bond acceptors (Lipinski definition) is 6. The summed E-state index contributed by atoms with van der Waals surface area (Å²) >= 11 is 0. The molecular formula is C10H22BN3O4. The quantitative estimate of drug-likeness (QED) is 0.248. The van der Waals surface area contributed by atoms with Gasteiger partial charge in [0, 0.05) is 27.4 Å². The zero-order chi connectivity index (χ0) is 13.4. The van der Waals surface area contributed by atoms with E-state index in [1.165, 1.54) is 0 Å². The van der Waals surface area contributed by atoms with Crippen LogP contribution >= 0.6 is 0 Å². The lowest BCUT2D eigenvalue weighted by molar-refractivity contribution is -0.0664. The molecule has 0 bridgehead atoms. The molecule has 7 nitrogen and oxygen atoms in total. The van der Waals surface area contributed by atoms with Crippen molar-refractivity contribution in [3.8, 4) is 0 Å². The van der Waals surface area contributed by atoms with E-state index in [0.29, 0.717) is 19.8 Å². The minimum atomic E-state index is -0.113. The molecule has 0 aromatic carbocycles. The van der Waals surface area contributed by atoms with Crippen LogP contribution in [0.4, 0.5) is 0 Å². The molecular weight excluding hydrogens is 237 g/mol. The van der Waals surface area contributed by atoms with E-state index in [9.17, 15) is 0 Å².